The number of anilines is 3. The van der Waals surface area contributed by atoms with Crippen LogP contribution in [0.5, 0.6) is 0 Å². The number of nitrogens with one attached hydrogen (secondary N) is 2. The van der Waals surface area contributed by atoms with Gasteiger partial charge >= 0.3 is 0 Å². The van der Waals surface area contributed by atoms with Gasteiger partial charge in [0.05, 0.1) is 34.9 Å². The number of amides is 1. The molecule has 12 heteroatoms. The van der Waals surface area contributed by atoms with E-state index >= 15 is 4.39 Å². The topological polar surface area (TPSA) is 135 Å². The molecule has 0 bridgehead atoms. The number of halogens is 1. The summed E-state index contributed by atoms with van der Waals surface area (Å²) in [5.41, 5.74) is 8.13. The molecule has 7 rings (SSSR count). The molecule has 1 aliphatic heterocycles. The molecule has 1 saturated heterocycles. The molecule has 0 radical (unpaired) electrons. The van der Waals surface area contributed by atoms with E-state index in [1.54, 1.807) is 18.0 Å². The van der Waals surface area contributed by atoms with Crippen molar-refractivity contribution >= 4 is 35.5 Å². The molecule has 2 N–H and O–H groups in total. The van der Waals surface area contributed by atoms with Gasteiger partial charge in [0.25, 0.3) is 0 Å². The van der Waals surface area contributed by atoms with Crippen LogP contribution in [-0.4, -0.2) is 84.8 Å². The fourth-order valence-electron chi connectivity index (χ4n) is 8.48. The number of carbonyl (C=O) groups excluding carboxylic acids is 3. The Balaban J connectivity index is 1.03. The average Bonchev–Trinajstić information content (AvgIpc) is 3.90. The summed E-state index contributed by atoms with van der Waals surface area (Å²) in [5.74, 6) is 0.0943. The molecule has 3 aromatic carbocycles. The molecular weight excluding hydrogens is 710 g/mol. The van der Waals surface area contributed by atoms with E-state index in [0.717, 1.165) is 96.4 Å². The van der Waals surface area contributed by atoms with Gasteiger partial charge in [-0.3, -0.25) is 19.4 Å². The summed E-state index contributed by atoms with van der Waals surface area (Å²) < 4.78 is 21.0. The molecule has 1 atom stereocenters. The van der Waals surface area contributed by atoms with Crippen molar-refractivity contribution in [3.63, 3.8) is 0 Å². The Morgan fingerprint density at radius 1 is 1.11 bits per heavy atom. The second-order valence-electron chi connectivity index (χ2n) is 15.8. The fraction of sp³-hybridized carbons (Fsp3) is 0.432. The number of carbonyl (C=O) groups is 3. The Morgan fingerprint density at radius 2 is 1.84 bits per heavy atom. The quantitative estimate of drug-likeness (QED) is 0.118. The largest absolute Gasteiger partial charge is 0.380 e. The van der Waals surface area contributed by atoms with Crippen molar-refractivity contribution < 1.29 is 23.3 Å². The molecule has 1 amide bonds. The average molecular weight is 760 g/mol. The summed E-state index contributed by atoms with van der Waals surface area (Å²) in [6.07, 6.45) is 5.53. The van der Waals surface area contributed by atoms with Gasteiger partial charge in [0.15, 0.2) is 0 Å². The number of aldehydes is 2. The van der Waals surface area contributed by atoms with Crippen LogP contribution in [0.1, 0.15) is 77.0 Å². The second-order valence-corrected chi connectivity index (χ2v) is 15.8. The third-order valence-corrected chi connectivity index (χ3v) is 12.1. The number of likely N-dealkylation sites (tertiary alicyclic amines) is 1. The maximum atomic E-state index is 15.5. The number of aryl methyl sites for hydroxylation is 3. The first kappa shape index (κ1) is 38.9. The van der Waals surface area contributed by atoms with Gasteiger partial charge in [-0.2, -0.15) is 5.26 Å². The number of hydrogen-bond acceptors (Lipinski definition) is 10. The number of benzene rings is 3. The van der Waals surface area contributed by atoms with Gasteiger partial charge in [-0.15, -0.1) is 0 Å². The van der Waals surface area contributed by atoms with Crippen molar-refractivity contribution in [3.05, 3.63) is 94.1 Å². The maximum Gasteiger partial charge on any atom is 0.237 e. The molecule has 2 aliphatic carbocycles. The summed E-state index contributed by atoms with van der Waals surface area (Å²) in [4.78, 5) is 42.2. The van der Waals surface area contributed by atoms with Crippen LogP contribution in [0, 0.1) is 37.9 Å². The monoisotopic (exact) mass is 759 g/mol. The fourth-order valence-corrected chi connectivity index (χ4v) is 8.48. The minimum absolute atomic E-state index is 0.0649. The summed E-state index contributed by atoms with van der Waals surface area (Å²) >= 11 is 0. The summed E-state index contributed by atoms with van der Waals surface area (Å²) in [7, 11) is 3.26. The van der Waals surface area contributed by atoms with E-state index in [2.05, 4.69) is 81.0 Å². The highest BCUT2D eigenvalue weighted by Gasteiger charge is 2.45. The van der Waals surface area contributed by atoms with E-state index in [4.69, 9.17) is 4.52 Å². The summed E-state index contributed by atoms with van der Waals surface area (Å²) in [6.45, 7) is 7.95. The lowest BCUT2D eigenvalue weighted by Gasteiger charge is -2.54. The van der Waals surface area contributed by atoms with Crippen molar-refractivity contribution in [1.29, 1.82) is 5.26 Å². The van der Waals surface area contributed by atoms with Crippen molar-refractivity contribution in [2.24, 2.45) is 0 Å². The van der Waals surface area contributed by atoms with E-state index < -0.39 is 11.9 Å². The molecule has 2 heterocycles. The SMILES string of the molecule is CNC(=O)C(CCC=O)N(C)Cc1cc(F)c(N[C@H]2C[C@@H](N3CC(N(c4ccc(C5(C#N)CC5)cc4)c4cc(-c5c(C)noc5C)ccc4C)C3)C2)cc1C=O. The van der Waals surface area contributed by atoms with Crippen LogP contribution in [-0.2, 0) is 21.5 Å². The Bertz CT molecular complexity index is 2130. The molecule has 2 saturated carbocycles. The number of nitriles is 1. The van der Waals surface area contributed by atoms with Crippen LogP contribution in [0.2, 0.25) is 0 Å². The first-order valence-electron chi connectivity index (χ1n) is 19.5. The molecule has 56 heavy (non-hydrogen) atoms. The molecule has 0 spiro atoms. The van der Waals surface area contributed by atoms with Crippen LogP contribution in [0.3, 0.4) is 0 Å². The highest BCUT2D eigenvalue weighted by molar-refractivity contribution is 5.82. The van der Waals surface area contributed by atoms with Crippen molar-refractivity contribution in [2.45, 2.75) is 95.4 Å². The van der Waals surface area contributed by atoms with Gasteiger partial charge in [-0.1, -0.05) is 29.4 Å². The molecule has 1 unspecified atom stereocenters. The number of likely N-dealkylation sites (N-methyl/N-ethyl adjacent to an activating group) is 2. The van der Waals surface area contributed by atoms with Gasteiger partial charge in [0, 0.05) is 67.7 Å². The lowest BCUT2D eigenvalue weighted by Crippen LogP contribution is -2.65. The molecule has 11 nitrogen and oxygen atoms in total. The number of hydrogen-bond donors (Lipinski definition) is 2. The zero-order valence-corrected chi connectivity index (χ0v) is 32.8. The highest BCUT2D eigenvalue weighted by Crippen LogP contribution is 2.48. The smallest absolute Gasteiger partial charge is 0.237 e. The molecule has 4 aromatic rings. The zero-order chi connectivity index (χ0) is 39.7. The third-order valence-electron chi connectivity index (χ3n) is 12.1. The highest BCUT2D eigenvalue weighted by atomic mass is 19.1. The molecule has 3 fully saturated rings. The Morgan fingerprint density at radius 3 is 2.45 bits per heavy atom. The summed E-state index contributed by atoms with van der Waals surface area (Å²) in [6, 6.07) is 20.5. The maximum absolute atomic E-state index is 15.5. The van der Waals surface area contributed by atoms with Crippen LogP contribution >= 0.6 is 0 Å². The van der Waals surface area contributed by atoms with Crippen LogP contribution in [0.4, 0.5) is 21.5 Å². The number of rotatable bonds is 16. The standard InChI is InChI=1S/C44H50FN7O4/c1-27-8-9-30(42-28(2)49-56-29(42)3)19-41(27)52(35-12-10-33(11-13-35)44(26-46)14-15-44)37-23-51(24-37)36-20-34(21-36)48-39-18-32(25-54)31(17-38(39)45)22-50(5)40(7-6-16-53)43(55)47-4/h8-13,16-19,25,34,36-37,40,48H,6-7,14-15,20-24H2,1-5H3,(H,47,55)/t34-,36+,40?. The summed E-state index contributed by atoms with van der Waals surface area (Å²) in [5, 5.41) is 20.0. The van der Waals surface area contributed by atoms with Crippen molar-refractivity contribution in [3.8, 4) is 17.2 Å². The normalized spacial score (nSPS) is 19.3. The Kier molecular flexibility index (Phi) is 11.1. The molecule has 1 aromatic heterocycles. The van der Waals surface area contributed by atoms with E-state index in [-0.39, 0.29) is 36.4 Å². The number of nitrogens with zero attached hydrogens (tertiary/aromatic N) is 5. The van der Waals surface area contributed by atoms with Gasteiger partial charge in [-0.05, 0) is 113 Å². The predicted octanol–water partition coefficient (Wildman–Crippen LogP) is 6.76. The van der Waals surface area contributed by atoms with Gasteiger partial charge in [-0.25, -0.2) is 4.39 Å². The van der Waals surface area contributed by atoms with E-state index in [1.807, 2.05) is 13.8 Å². The molecule has 292 valence electrons. The van der Waals surface area contributed by atoms with Gasteiger partial charge < -0.3 is 24.9 Å². The van der Waals surface area contributed by atoms with Crippen molar-refractivity contribution in [2.75, 3.05) is 37.4 Å². The van der Waals surface area contributed by atoms with E-state index in [9.17, 15) is 19.6 Å². The minimum atomic E-state index is -0.585. The van der Waals surface area contributed by atoms with Crippen LogP contribution in [0.25, 0.3) is 11.1 Å². The molecule has 3 aliphatic rings. The minimum Gasteiger partial charge on any atom is -0.380 e. The first-order valence-corrected chi connectivity index (χ1v) is 19.5. The first-order chi connectivity index (χ1) is 27.0. The van der Waals surface area contributed by atoms with Gasteiger partial charge in [0.1, 0.15) is 24.1 Å². The van der Waals surface area contributed by atoms with Crippen LogP contribution < -0.4 is 15.5 Å². The third kappa shape index (κ3) is 7.58. The predicted molar refractivity (Wildman–Crippen MR) is 213 cm³/mol. The zero-order valence-electron chi connectivity index (χ0n) is 32.8. The number of aromatic nitrogens is 1. The second kappa shape index (κ2) is 16.0. The Hall–Kier alpha value is -5.38. The lowest BCUT2D eigenvalue weighted by atomic mass is 9.82. The lowest BCUT2D eigenvalue weighted by molar-refractivity contribution is -0.126. The van der Waals surface area contributed by atoms with Crippen LogP contribution in [0.15, 0.2) is 59.1 Å². The Labute approximate surface area is 327 Å². The molecular formula is C44H50FN7O4. The van der Waals surface area contributed by atoms with Crippen molar-refractivity contribution in [1.82, 2.24) is 20.3 Å². The van der Waals surface area contributed by atoms with E-state index in [1.165, 1.54) is 13.1 Å². The van der Waals surface area contributed by atoms with E-state index in [0.29, 0.717) is 29.3 Å². The van der Waals surface area contributed by atoms with Gasteiger partial charge in [0.2, 0.25) is 5.91 Å².